The third kappa shape index (κ3) is 7.59. The molecule has 0 aromatic heterocycles. The van der Waals surface area contributed by atoms with Crippen LogP contribution in [-0.2, 0) is 6.54 Å². The van der Waals surface area contributed by atoms with E-state index in [0.29, 0.717) is 0 Å². The van der Waals surface area contributed by atoms with E-state index < -0.39 is 0 Å². The summed E-state index contributed by atoms with van der Waals surface area (Å²) in [6.07, 6.45) is 3.85. The zero-order valence-electron chi connectivity index (χ0n) is 13.8. The van der Waals surface area contributed by atoms with Gasteiger partial charge in [-0.3, -0.25) is 4.99 Å². The van der Waals surface area contributed by atoms with E-state index in [-0.39, 0.29) is 6.10 Å². The number of benzene rings is 1. The lowest BCUT2D eigenvalue weighted by molar-refractivity contribution is 0.242. The molecule has 0 bridgehead atoms. The Hall–Kier alpha value is -1.71. The van der Waals surface area contributed by atoms with Gasteiger partial charge in [0.05, 0.1) is 6.10 Å². The van der Waals surface area contributed by atoms with Crippen LogP contribution in [0.1, 0.15) is 45.6 Å². The third-order valence-corrected chi connectivity index (χ3v) is 3.03. The molecule has 118 valence electrons. The van der Waals surface area contributed by atoms with E-state index in [9.17, 15) is 0 Å². The lowest BCUT2D eigenvalue weighted by atomic mass is 10.2. The normalized spacial score (nSPS) is 11.6. The summed E-state index contributed by atoms with van der Waals surface area (Å²) >= 11 is 0. The number of aliphatic imine (C=N–C) groups is 1. The van der Waals surface area contributed by atoms with Gasteiger partial charge in [0, 0.05) is 20.1 Å². The molecule has 0 unspecified atom stereocenters. The molecule has 0 radical (unpaired) electrons. The highest BCUT2D eigenvalue weighted by Gasteiger charge is 2.01. The van der Waals surface area contributed by atoms with Crippen molar-refractivity contribution in [2.45, 2.75) is 52.7 Å². The Bertz CT molecular complexity index is 430. The van der Waals surface area contributed by atoms with Crippen molar-refractivity contribution < 1.29 is 4.74 Å². The fourth-order valence-corrected chi connectivity index (χ4v) is 1.99. The number of hydrogen-bond donors (Lipinski definition) is 2. The van der Waals surface area contributed by atoms with Crippen molar-refractivity contribution in [3.8, 4) is 5.75 Å². The van der Waals surface area contributed by atoms with Gasteiger partial charge in [-0.1, -0.05) is 31.9 Å². The lowest BCUT2D eigenvalue weighted by Crippen LogP contribution is -2.37. The summed E-state index contributed by atoms with van der Waals surface area (Å²) in [4.78, 5) is 4.23. The Kier molecular flexibility index (Phi) is 8.32. The molecule has 1 aromatic carbocycles. The number of ether oxygens (including phenoxy) is 1. The van der Waals surface area contributed by atoms with Crippen LogP contribution in [-0.4, -0.2) is 25.7 Å². The molecule has 0 aliphatic rings. The Labute approximate surface area is 129 Å². The maximum absolute atomic E-state index is 5.71. The van der Waals surface area contributed by atoms with Crippen molar-refractivity contribution in [2.75, 3.05) is 13.6 Å². The van der Waals surface area contributed by atoms with E-state index in [1.165, 1.54) is 24.8 Å². The van der Waals surface area contributed by atoms with Crippen molar-refractivity contribution in [3.63, 3.8) is 0 Å². The minimum atomic E-state index is 0.196. The topological polar surface area (TPSA) is 45.7 Å². The highest BCUT2D eigenvalue weighted by molar-refractivity contribution is 5.79. The molecule has 21 heavy (non-hydrogen) atoms. The maximum Gasteiger partial charge on any atom is 0.191 e. The van der Waals surface area contributed by atoms with Crippen LogP contribution >= 0.6 is 0 Å². The van der Waals surface area contributed by atoms with Crippen molar-refractivity contribution >= 4 is 5.96 Å². The Balaban J connectivity index is 2.42. The predicted molar refractivity (Wildman–Crippen MR) is 89.9 cm³/mol. The molecule has 0 amide bonds. The number of unbranched alkanes of at least 4 members (excludes halogenated alkanes) is 2. The fourth-order valence-electron chi connectivity index (χ4n) is 1.99. The van der Waals surface area contributed by atoms with Crippen LogP contribution in [0, 0.1) is 0 Å². The third-order valence-electron chi connectivity index (χ3n) is 3.03. The van der Waals surface area contributed by atoms with Gasteiger partial charge in [0.15, 0.2) is 5.96 Å². The SMILES string of the molecule is CCCCCNC(=NC)NCc1cccc(OC(C)C)c1. The molecule has 0 aliphatic carbocycles. The molecule has 0 fully saturated rings. The average Bonchev–Trinajstić information content (AvgIpc) is 2.46. The molecule has 0 heterocycles. The fraction of sp³-hybridized carbons (Fsp3) is 0.588. The van der Waals surface area contributed by atoms with Gasteiger partial charge in [-0.2, -0.15) is 0 Å². The van der Waals surface area contributed by atoms with Crippen LogP contribution in [0.3, 0.4) is 0 Å². The largest absolute Gasteiger partial charge is 0.491 e. The maximum atomic E-state index is 5.71. The van der Waals surface area contributed by atoms with Gasteiger partial charge in [0.1, 0.15) is 5.75 Å². The van der Waals surface area contributed by atoms with Crippen LogP contribution in [0.25, 0.3) is 0 Å². The second kappa shape index (κ2) is 10.1. The zero-order chi connectivity index (χ0) is 15.5. The molecule has 0 saturated heterocycles. The second-order valence-corrected chi connectivity index (χ2v) is 5.37. The van der Waals surface area contributed by atoms with E-state index in [1.54, 1.807) is 7.05 Å². The van der Waals surface area contributed by atoms with Gasteiger partial charge >= 0.3 is 0 Å². The standard InChI is InChI=1S/C17H29N3O/c1-5-6-7-11-19-17(18-4)20-13-15-9-8-10-16(12-15)21-14(2)3/h8-10,12,14H,5-7,11,13H2,1-4H3,(H2,18,19,20). The minimum absolute atomic E-state index is 0.196. The smallest absolute Gasteiger partial charge is 0.191 e. The Morgan fingerprint density at radius 2 is 2.05 bits per heavy atom. The summed E-state index contributed by atoms with van der Waals surface area (Å²) < 4.78 is 5.71. The molecular formula is C17H29N3O. The first-order valence-corrected chi connectivity index (χ1v) is 7.85. The summed E-state index contributed by atoms with van der Waals surface area (Å²) in [5.74, 6) is 1.76. The van der Waals surface area contributed by atoms with Crippen molar-refractivity contribution in [1.29, 1.82) is 0 Å². The molecule has 1 aromatic rings. The Morgan fingerprint density at radius 3 is 2.71 bits per heavy atom. The number of nitrogens with one attached hydrogen (secondary N) is 2. The molecule has 0 atom stereocenters. The van der Waals surface area contributed by atoms with Gasteiger partial charge < -0.3 is 15.4 Å². The first-order valence-electron chi connectivity index (χ1n) is 7.85. The second-order valence-electron chi connectivity index (χ2n) is 5.37. The highest BCUT2D eigenvalue weighted by Crippen LogP contribution is 2.14. The predicted octanol–water partition coefficient (Wildman–Crippen LogP) is 3.33. The molecule has 2 N–H and O–H groups in total. The quantitative estimate of drug-likeness (QED) is 0.439. The number of rotatable bonds is 8. The van der Waals surface area contributed by atoms with E-state index in [1.807, 2.05) is 26.0 Å². The van der Waals surface area contributed by atoms with E-state index in [0.717, 1.165) is 24.8 Å². The van der Waals surface area contributed by atoms with Gasteiger partial charge in [0.2, 0.25) is 0 Å². The van der Waals surface area contributed by atoms with Crippen LogP contribution in [0.4, 0.5) is 0 Å². The van der Waals surface area contributed by atoms with Crippen LogP contribution in [0.2, 0.25) is 0 Å². The summed E-state index contributed by atoms with van der Waals surface area (Å²) in [6, 6.07) is 8.16. The average molecular weight is 291 g/mol. The van der Waals surface area contributed by atoms with Crippen molar-refractivity contribution in [3.05, 3.63) is 29.8 Å². The van der Waals surface area contributed by atoms with Crippen molar-refractivity contribution in [1.82, 2.24) is 10.6 Å². The van der Waals surface area contributed by atoms with Crippen molar-refractivity contribution in [2.24, 2.45) is 4.99 Å². The number of nitrogens with zero attached hydrogens (tertiary/aromatic N) is 1. The van der Waals surface area contributed by atoms with Crippen LogP contribution < -0.4 is 15.4 Å². The number of hydrogen-bond acceptors (Lipinski definition) is 2. The molecule has 4 nitrogen and oxygen atoms in total. The molecule has 1 rings (SSSR count). The Morgan fingerprint density at radius 1 is 1.24 bits per heavy atom. The first kappa shape index (κ1) is 17.3. The monoisotopic (exact) mass is 291 g/mol. The molecular weight excluding hydrogens is 262 g/mol. The number of guanidine groups is 1. The van der Waals surface area contributed by atoms with E-state index >= 15 is 0 Å². The van der Waals surface area contributed by atoms with E-state index in [2.05, 4.69) is 34.7 Å². The van der Waals surface area contributed by atoms with Crippen LogP contribution in [0.15, 0.2) is 29.3 Å². The first-order chi connectivity index (χ1) is 10.2. The molecule has 0 saturated carbocycles. The minimum Gasteiger partial charge on any atom is -0.491 e. The van der Waals surface area contributed by atoms with Gasteiger partial charge in [0.25, 0.3) is 0 Å². The van der Waals surface area contributed by atoms with Crippen LogP contribution in [0.5, 0.6) is 5.75 Å². The summed E-state index contributed by atoms with van der Waals surface area (Å²) in [7, 11) is 1.80. The summed E-state index contributed by atoms with van der Waals surface area (Å²) in [5.41, 5.74) is 1.18. The van der Waals surface area contributed by atoms with Gasteiger partial charge in [-0.05, 0) is 38.0 Å². The van der Waals surface area contributed by atoms with Gasteiger partial charge in [-0.15, -0.1) is 0 Å². The highest BCUT2D eigenvalue weighted by atomic mass is 16.5. The summed E-state index contributed by atoms with van der Waals surface area (Å²) in [6.45, 7) is 7.98. The van der Waals surface area contributed by atoms with Gasteiger partial charge in [-0.25, -0.2) is 0 Å². The zero-order valence-corrected chi connectivity index (χ0v) is 13.8. The molecule has 4 heteroatoms. The lowest BCUT2D eigenvalue weighted by Gasteiger charge is -2.13. The van der Waals surface area contributed by atoms with E-state index in [4.69, 9.17) is 4.74 Å². The molecule has 0 spiro atoms. The summed E-state index contributed by atoms with van der Waals surface area (Å²) in [5, 5.41) is 6.66. The molecule has 0 aliphatic heterocycles.